The van der Waals surface area contributed by atoms with Gasteiger partial charge >= 0.3 is 0 Å². The Labute approximate surface area is 156 Å². The quantitative estimate of drug-likeness (QED) is 0.675. The molecule has 1 amide bonds. The molecule has 0 saturated heterocycles. The fraction of sp³-hybridized carbons (Fsp3) is 0.333. The summed E-state index contributed by atoms with van der Waals surface area (Å²) in [6.07, 6.45) is 0. The number of hydrogen-bond acceptors (Lipinski definition) is 5. The van der Waals surface area contributed by atoms with Gasteiger partial charge in [0.15, 0.2) is 11.0 Å². The van der Waals surface area contributed by atoms with Gasteiger partial charge in [-0.25, -0.2) is 0 Å². The summed E-state index contributed by atoms with van der Waals surface area (Å²) in [5.41, 5.74) is 3.07. The van der Waals surface area contributed by atoms with Crippen LogP contribution in [0.5, 0.6) is 0 Å². The van der Waals surface area contributed by atoms with E-state index in [1.165, 1.54) is 11.8 Å². The monoisotopic (exact) mass is 370 g/mol. The number of anilines is 1. The maximum Gasteiger partial charge on any atom is 0.235 e. The van der Waals surface area contributed by atoms with Crippen molar-refractivity contribution in [1.29, 1.82) is 0 Å². The Morgan fingerprint density at radius 2 is 2.00 bits per heavy atom. The smallest absolute Gasteiger partial charge is 0.235 e. The first-order chi connectivity index (χ1) is 12.5. The fourth-order valence-electron chi connectivity index (χ4n) is 2.74. The van der Waals surface area contributed by atoms with E-state index in [0.717, 1.165) is 34.3 Å². The summed E-state index contributed by atoms with van der Waals surface area (Å²) >= 11 is 1.38. The van der Waals surface area contributed by atoms with Gasteiger partial charge in [0.25, 0.3) is 0 Å². The average molecular weight is 370 g/mol. The summed E-state index contributed by atoms with van der Waals surface area (Å²) in [5.74, 6) is 1.68. The Bertz CT molecular complexity index is 930. The van der Waals surface area contributed by atoms with Crippen LogP contribution in [0.3, 0.4) is 0 Å². The molecule has 2 aromatic heterocycles. The number of benzene rings is 1. The zero-order chi connectivity index (χ0) is 18.7. The molecule has 0 aliphatic carbocycles. The van der Waals surface area contributed by atoms with Gasteiger partial charge in [0.05, 0.1) is 11.4 Å². The Kier molecular flexibility index (Phi) is 5.41. The van der Waals surface area contributed by atoms with E-state index in [2.05, 4.69) is 33.6 Å². The molecular weight excluding hydrogens is 348 g/mol. The number of hydrogen-bond donors (Lipinski definition) is 1. The van der Waals surface area contributed by atoms with Crippen LogP contribution in [0.25, 0.3) is 11.4 Å². The highest BCUT2D eigenvalue weighted by Gasteiger charge is 2.16. The second-order valence-electron chi connectivity index (χ2n) is 6.00. The zero-order valence-corrected chi connectivity index (χ0v) is 16.2. The van der Waals surface area contributed by atoms with Crippen LogP contribution in [0, 0.1) is 13.8 Å². The molecule has 2 heterocycles. The molecule has 0 atom stereocenters. The molecule has 1 aromatic carbocycles. The average Bonchev–Trinajstić information content (AvgIpc) is 3.15. The number of nitrogens with zero attached hydrogens (tertiary/aromatic N) is 5. The van der Waals surface area contributed by atoms with Gasteiger partial charge in [-0.2, -0.15) is 5.10 Å². The molecule has 1 N–H and O–H groups in total. The summed E-state index contributed by atoms with van der Waals surface area (Å²) in [6.45, 7) is 6.73. The van der Waals surface area contributed by atoms with Crippen molar-refractivity contribution in [3.8, 4) is 11.4 Å². The molecule has 0 aliphatic rings. The van der Waals surface area contributed by atoms with Crippen LogP contribution in [0.15, 0.2) is 35.5 Å². The van der Waals surface area contributed by atoms with Crippen molar-refractivity contribution >= 4 is 23.5 Å². The predicted molar refractivity (Wildman–Crippen MR) is 103 cm³/mol. The van der Waals surface area contributed by atoms with Gasteiger partial charge in [0.1, 0.15) is 5.82 Å². The molecule has 26 heavy (non-hydrogen) atoms. The van der Waals surface area contributed by atoms with Gasteiger partial charge in [-0.1, -0.05) is 36.0 Å². The number of aryl methyl sites for hydroxylation is 3. The lowest BCUT2D eigenvalue weighted by molar-refractivity contribution is -0.113. The lowest BCUT2D eigenvalue weighted by atomic mass is 10.1. The number of amides is 1. The van der Waals surface area contributed by atoms with Gasteiger partial charge in [-0.3, -0.25) is 9.48 Å². The molecule has 0 spiro atoms. The van der Waals surface area contributed by atoms with E-state index >= 15 is 0 Å². The number of thioether (sulfide) groups is 1. The van der Waals surface area contributed by atoms with Crippen molar-refractivity contribution in [2.24, 2.45) is 7.05 Å². The van der Waals surface area contributed by atoms with Gasteiger partial charge < -0.3 is 9.88 Å². The second kappa shape index (κ2) is 7.74. The maximum atomic E-state index is 12.2. The molecular formula is C18H22N6OS. The van der Waals surface area contributed by atoms with E-state index in [-0.39, 0.29) is 11.7 Å². The number of aromatic nitrogens is 5. The van der Waals surface area contributed by atoms with Crippen LogP contribution in [0.2, 0.25) is 0 Å². The topological polar surface area (TPSA) is 77.6 Å². The third kappa shape index (κ3) is 3.80. The van der Waals surface area contributed by atoms with E-state index in [1.54, 1.807) is 11.7 Å². The van der Waals surface area contributed by atoms with Crippen molar-refractivity contribution in [2.45, 2.75) is 32.5 Å². The Balaban J connectivity index is 1.72. The Morgan fingerprint density at radius 3 is 2.65 bits per heavy atom. The molecule has 8 heteroatoms. The number of carbonyl (C=O) groups excluding carboxylic acids is 1. The molecule has 0 aliphatic heterocycles. The van der Waals surface area contributed by atoms with Crippen LogP contribution < -0.4 is 5.32 Å². The first kappa shape index (κ1) is 18.2. The van der Waals surface area contributed by atoms with E-state index in [9.17, 15) is 4.79 Å². The highest BCUT2D eigenvalue weighted by Crippen LogP contribution is 2.26. The van der Waals surface area contributed by atoms with E-state index in [0.29, 0.717) is 5.82 Å². The third-order valence-corrected chi connectivity index (χ3v) is 4.99. The fourth-order valence-corrected chi connectivity index (χ4v) is 3.54. The van der Waals surface area contributed by atoms with Crippen molar-refractivity contribution in [2.75, 3.05) is 11.1 Å². The largest absolute Gasteiger partial charge is 0.310 e. The van der Waals surface area contributed by atoms with Crippen LogP contribution in [0.4, 0.5) is 5.82 Å². The first-order valence-corrected chi connectivity index (χ1v) is 9.40. The minimum atomic E-state index is -0.0962. The molecule has 0 bridgehead atoms. The van der Waals surface area contributed by atoms with Crippen molar-refractivity contribution in [3.63, 3.8) is 0 Å². The van der Waals surface area contributed by atoms with Gasteiger partial charge in [-0.15, -0.1) is 10.2 Å². The lowest BCUT2D eigenvalue weighted by Gasteiger charge is -2.09. The first-order valence-electron chi connectivity index (χ1n) is 8.42. The van der Waals surface area contributed by atoms with Crippen LogP contribution in [0.1, 0.15) is 18.2 Å². The number of carbonyl (C=O) groups is 1. The minimum absolute atomic E-state index is 0.0962. The standard InChI is InChI=1S/C18H22N6OS/c1-5-24-17(14-9-7-6-8-12(14)2)20-21-18(24)26-11-16(25)19-15-10-13(3)22-23(15)4/h6-10H,5,11H2,1-4H3,(H,19,25). The summed E-state index contributed by atoms with van der Waals surface area (Å²) in [4.78, 5) is 12.2. The molecule has 0 fully saturated rings. The summed E-state index contributed by atoms with van der Waals surface area (Å²) in [7, 11) is 1.80. The molecule has 3 aromatic rings. The molecule has 0 saturated carbocycles. The van der Waals surface area contributed by atoms with Crippen LogP contribution >= 0.6 is 11.8 Å². The molecule has 0 radical (unpaired) electrons. The highest BCUT2D eigenvalue weighted by molar-refractivity contribution is 7.99. The summed E-state index contributed by atoms with van der Waals surface area (Å²) in [6, 6.07) is 9.93. The van der Waals surface area contributed by atoms with Crippen molar-refractivity contribution in [3.05, 3.63) is 41.6 Å². The number of rotatable bonds is 6. The maximum absolute atomic E-state index is 12.2. The van der Waals surface area contributed by atoms with Gasteiger partial charge in [-0.05, 0) is 26.3 Å². The number of nitrogens with one attached hydrogen (secondary N) is 1. The summed E-state index contributed by atoms with van der Waals surface area (Å²) in [5, 5.41) is 16.5. The van der Waals surface area contributed by atoms with Crippen LogP contribution in [-0.4, -0.2) is 36.2 Å². The van der Waals surface area contributed by atoms with Crippen molar-refractivity contribution in [1.82, 2.24) is 24.5 Å². The van der Waals surface area contributed by atoms with Crippen LogP contribution in [-0.2, 0) is 18.4 Å². The summed E-state index contributed by atoms with van der Waals surface area (Å²) < 4.78 is 3.69. The van der Waals surface area contributed by atoms with Gasteiger partial charge in [0.2, 0.25) is 5.91 Å². The Hall–Kier alpha value is -2.61. The predicted octanol–water partition coefficient (Wildman–Crippen LogP) is 3.05. The van der Waals surface area contributed by atoms with Gasteiger partial charge in [0, 0.05) is 25.2 Å². The Morgan fingerprint density at radius 1 is 1.23 bits per heavy atom. The molecule has 7 nitrogen and oxygen atoms in total. The molecule has 3 rings (SSSR count). The molecule has 136 valence electrons. The van der Waals surface area contributed by atoms with E-state index in [4.69, 9.17) is 0 Å². The lowest BCUT2D eigenvalue weighted by Crippen LogP contribution is -2.16. The SMILES string of the molecule is CCn1c(SCC(=O)Nc2cc(C)nn2C)nnc1-c1ccccc1C. The second-order valence-corrected chi connectivity index (χ2v) is 6.94. The normalized spacial score (nSPS) is 10.9. The minimum Gasteiger partial charge on any atom is -0.310 e. The van der Waals surface area contributed by atoms with Crippen molar-refractivity contribution < 1.29 is 4.79 Å². The van der Waals surface area contributed by atoms with E-state index in [1.807, 2.05) is 42.7 Å². The van der Waals surface area contributed by atoms with E-state index < -0.39 is 0 Å². The molecule has 0 unspecified atom stereocenters. The third-order valence-electron chi connectivity index (χ3n) is 4.02. The highest BCUT2D eigenvalue weighted by atomic mass is 32.2. The zero-order valence-electron chi connectivity index (χ0n) is 15.4.